The van der Waals surface area contributed by atoms with Crippen molar-refractivity contribution in [3.05, 3.63) is 34.4 Å². The van der Waals surface area contributed by atoms with E-state index in [0.717, 1.165) is 5.56 Å². The van der Waals surface area contributed by atoms with Crippen LogP contribution in [0.15, 0.2) is 12.1 Å². The Labute approximate surface area is 99.8 Å². The van der Waals surface area contributed by atoms with Crippen LogP contribution in [0.5, 0.6) is 0 Å². The van der Waals surface area contributed by atoms with E-state index >= 15 is 0 Å². The van der Waals surface area contributed by atoms with E-state index in [4.69, 9.17) is 10.00 Å². The second-order valence-corrected chi connectivity index (χ2v) is 3.41. The van der Waals surface area contributed by atoms with E-state index < -0.39 is 5.97 Å². The molecule has 0 N–H and O–H groups in total. The molecule has 4 nitrogen and oxygen atoms in total. The SMILES string of the molecule is CCOC(=O)c1cc(CC)cc(C#N)c1C=O. The first-order valence-electron chi connectivity index (χ1n) is 5.37. The molecule has 0 aliphatic carbocycles. The quantitative estimate of drug-likeness (QED) is 0.588. The third kappa shape index (κ3) is 2.70. The van der Waals surface area contributed by atoms with E-state index in [1.54, 1.807) is 19.1 Å². The molecule has 0 fully saturated rings. The highest BCUT2D eigenvalue weighted by molar-refractivity contribution is 6.00. The highest BCUT2D eigenvalue weighted by Crippen LogP contribution is 2.17. The normalized spacial score (nSPS) is 9.47. The maximum Gasteiger partial charge on any atom is 0.338 e. The van der Waals surface area contributed by atoms with Crippen LogP contribution in [0.3, 0.4) is 0 Å². The fourth-order valence-electron chi connectivity index (χ4n) is 1.51. The Morgan fingerprint density at radius 1 is 1.47 bits per heavy atom. The van der Waals surface area contributed by atoms with Gasteiger partial charge < -0.3 is 4.74 Å². The van der Waals surface area contributed by atoms with Crippen molar-refractivity contribution in [2.45, 2.75) is 20.3 Å². The molecular weight excluding hydrogens is 218 g/mol. The molecule has 1 rings (SSSR count). The zero-order valence-corrected chi connectivity index (χ0v) is 9.82. The number of ether oxygens (including phenoxy) is 1. The van der Waals surface area contributed by atoms with Gasteiger partial charge in [-0.3, -0.25) is 4.79 Å². The van der Waals surface area contributed by atoms with Gasteiger partial charge in [0.05, 0.1) is 23.8 Å². The van der Waals surface area contributed by atoms with Crippen LogP contribution in [0.25, 0.3) is 0 Å². The van der Waals surface area contributed by atoms with Crippen molar-refractivity contribution < 1.29 is 14.3 Å². The number of rotatable bonds is 4. The fraction of sp³-hybridized carbons (Fsp3) is 0.308. The molecule has 0 heterocycles. The summed E-state index contributed by atoms with van der Waals surface area (Å²) in [5, 5.41) is 8.94. The van der Waals surface area contributed by atoms with Crippen LogP contribution in [0.4, 0.5) is 0 Å². The summed E-state index contributed by atoms with van der Waals surface area (Å²) in [4.78, 5) is 22.6. The van der Waals surface area contributed by atoms with Gasteiger partial charge in [-0.2, -0.15) is 5.26 Å². The van der Waals surface area contributed by atoms with Crippen molar-refractivity contribution in [3.8, 4) is 6.07 Å². The van der Waals surface area contributed by atoms with Gasteiger partial charge in [0.1, 0.15) is 0 Å². The number of hydrogen-bond donors (Lipinski definition) is 0. The summed E-state index contributed by atoms with van der Waals surface area (Å²) < 4.78 is 4.86. The Morgan fingerprint density at radius 3 is 2.65 bits per heavy atom. The molecule has 0 unspecified atom stereocenters. The van der Waals surface area contributed by atoms with Crippen LogP contribution in [0, 0.1) is 11.3 Å². The summed E-state index contributed by atoms with van der Waals surface area (Å²) in [6.07, 6.45) is 1.20. The number of carbonyl (C=O) groups is 2. The lowest BCUT2D eigenvalue weighted by molar-refractivity contribution is 0.0524. The largest absolute Gasteiger partial charge is 0.462 e. The monoisotopic (exact) mass is 231 g/mol. The topological polar surface area (TPSA) is 67.2 Å². The van der Waals surface area contributed by atoms with Crippen LogP contribution in [0.1, 0.15) is 45.7 Å². The highest BCUT2D eigenvalue weighted by atomic mass is 16.5. The predicted molar refractivity (Wildman–Crippen MR) is 61.9 cm³/mol. The second-order valence-electron chi connectivity index (χ2n) is 3.41. The molecule has 0 saturated carbocycles. The second kappa shape index (κ2) is 5.80. The minimum absolute atomic E-state index is 0.100. The summed E-state index contributed by atoms with van der Waals surface area (Å²) in [6.45, 7) is 3.83. The van der Waals surface area contributed by atoms with E-state index in [0.29, 0.717) is 12.7 Å². The number of hydrogen-bond acceptors (Lipinski definition) is 4. The first-order chi connectivity index (χ1) is 8.17. The molecule has 1 aromatic rings. The fourth-order valence-corrected chi connectivity index (χ4v) is 1.51. The number of nitriles is 1. The summed E-state index contributed by atoms with van der Waals surface area (Å²) in [6, 6.07) is 5.14. The molecule has 0 aliphatic rings. The van der Waals surface area contributed by atoms with Crippen molar-refractivity contribution >= 4 is 12.3 Å². The van der Waals surface area contributed by atoms with Gasteiger partial charge in [0.25, 0.3) is 0 Å². The molecule has 0 atom stereocenters. The molecule has 0 spiro atoms. The van der Waals surface area contributed by atoms with E-state index in [1.165, 1.54) is 0 Å². The third-order valence-electron chi connectivity index (χ3n) is 2.38. The zero-order valence-electron chi connectivity index (χ0n) is 9.82. The number of esters is 1. The minimum atomic E-state index is -0.568. The van der Waals surface area contributed by atoms with Gasteiger partial charge in [-0.15, -0.1) is 0 Å². The zero-order chi connectivity index (χ0) is 12.8. The first kappa shape index (κ1) is 12.9. The summed E-state index contributed by atoms with van der Waals surface area (Å²) in [7, 11) is 0. The van der Waals surface area contributed by atoms with E-state index in [2.05, 4.69) is 0 Å². The Hall–Kier alpha value is -2.15. The molecule has 0 aromatic heterocycles. The number of benzene rings is 1. The molecule has 88 valence electrons. The lowest BCUT2D eigenvalue weighted by atomic mass is 9.98. The Balaban J connectivity index is 3.40. The van der Waals surface area contributed by atoms with Crippen molar-refractivity contribution in [1.29, 1.82) is 5.26 Å². The average Bonchev–Trinajstić information content (AvgIpc) is 2.37. The van der Waals surface area contributed by atoms with E-state index in [-0.39, 0.29) is 23.3 Å². The predicted octanol–water partition coefficient (Wildman–Crippen LogP) is 2.11. The molecule has 0 radical (unpaired) electrons. The summed E-state index contributed by atoms with van der Waals surface area (Å²) >= 11 is 0. The van der Waals surface area contributed by atoms with Gasteiger partial charge in [0.15, 0.2) is 6.29 Å². The standard InChI is InChI=1S/C13H13NO3/c1-3-9-5-10(7-14)12(8-15)11(6-9)13(16)17-4-2/h5-6,8H,3-4H2,1-2H3. The van der Waals surface area contributed by atoms with Gasteiger partial charge >= 0.3 is 5.97 Å². The molecule has 0 amide bonds. The number of aldehydes is 1. The van der Waals surface area contributed by atoms with Gasteiger partial charge in [0, 0.05) is 5.56 Å². The maximum atomic E-state index is 11.7. The van der Waals surface area contributed by atoms with E-state index in [1.807, 2.05) is 13.0 Å². The lowest BCUT2D eigenvalue weighted by Crippen LogP contribution is -2.10. The third-order valence-corrected chi connectivity index (χ3v) is 2.38. The van der Waals surface area contributed by atoms with Crippen molar-refractivity contribution in [1.82, 2.24) is 0 Å². The number of nitrogens with zero attached hydrogens (tertiary/aromatic N) is 1. The maximum absolute atomic E-state index is 11.7. The molecule has 0 bridgehead atoms. The average molecular weight is 231 g/mol. The molecule has 1 aromatic carbocycles. The van der Waals surface area contributed by atoms with Crippen molar-refractivity contribution in [2.75, 3.05) is 6.61 Å². The summed E-state index contributed by atoms with van der Waals surface area (Å²) in [5.41, 5.74) is 1.30. The van der Waals surface area contributed by atoms with Crippen LogP contribution < -0.4 is 0 Å². The molecule has 4 heteroatoms. The minimum Gasteiger partial charge on any atom is -0.462 e. The van der Waals surface area contributed by atoms with Crippen LogP contribution >= 0.6 is 0 Å². The van der Waals surface area contributed by atoms with Gasteiger partial charge in [-0.1, -0.05) is 6.92 Å². The number of aryl methyl sites for hydroxylation is 1. The molecule has 17 heavy (non-hydrogen) atoms. The van der Waals surface area contributed by atoms with Crippen LogP contribution in [-0.2, 0) is 11.2 Å². The highest BCUT2D eigenvalue weighted by Gasteiger charge is 2.17. The van der Waals surface area contributed by atoms with E-state index in [9.17, 15) is 9.59 Å². The number of carbonyl (C=O) groups excluding carboxylic acids is 2. The first-order valence-corrected chi connectivity index (χ1v) is 5.37. The summed E-state index contributed by atoms with van der Waals surface area (Å²) in [5.74, 6) is -0.568. The van der Waals surface area contributed by atoms with Gasteiger partial charge in [-0.25, -0.2) is 4.79 Å². The smallest absolute Gasteiger partial charge is 0.338 e. The Bertz CT molecular complexity index is 486. The van der Waals surface area contributed by atoms with Crippen LogP contribution in [-0.4, -0.2) is 18.9 Å². The van der Waals surface area contributed by atoms with Crippen LogP contribution in [0.2, 0.25) is 0 Å². The van der Waals surface area contributed by atoms with Gasteiger partial charge in [0.2, 0.25) is 0 Å². The lowest BCUT2D eigenvalue weighted by Gasteiger charge is -2.08. The molecule has 0 saturated heterocycles. The Kier molecular flexibility index (Phi) is 4.41. The molecule has 0 aliphatic heterocycles. The van der Waals surface area contributed by atoms with Crippen molar-refractivity contribution in [3.63, 3.8) is 0 Å². The van der Waals surface area contributed by atoms with Gasteiger partial charge in [-0.05, 0) is 31.0 Å². The molecular formula is C13H13NO3. The Morgan fingerprint density at radius 2 is 2.18 bits per heavy atom. The van der Waals surface area contributed by atoms with Crippen molar-refractivity contribution in [2.24, 2.45) is 0 Å².